The number of anilines is 1. The summed E-state index contributed by atoms with van der Waals surface area (Å²) >= 11 is 0. The van der Waals surface area contributed by atoms with Crippen LogP contribution in [0.2, 0.25) is 0 Å². The van der Waals surface area contributed by atoms with Crippen molar-refractivity contribution in [3.63, 3.8) is 0 Å². The lowest BCUT2D eigenvalue weighted by atomic mass is 10.0. The van der Waals surface area contributed by atoms with Gasteiger partial charge < -0.3 is 29.5 Å². The van der Waals surface area contributed by atoms with Gasteiger partial charge in [-0.1, -0.05) is 0 Å². The zero-order valence-corrected chi connectivity index (χ0v) is 21.4. The van der Waals surface area contributed by atoms with Crippen molar-refractivity contribution in [1.29, 1.82) is 0 Å². The van der Waals surface area contributed by atoms with Gasteiger partial charge in [-0.15, -0.1) is 0 Å². The van der Waals surface area contributed by atoms with Crippen molar-refractivity contribution >= 4 is 40.4 Å². The number of aromatic carboxylic acids is 1. The Balaban J connectivity index is 1.50. The first-order valence-electron chi connectivity index (χ1n) is 12.4. The third-order valence-electron chi connectivity index (χ3n) is 7.40. The number of carboxylic acid groups (broad SMARTS) is 1. The van der Waals surface area contributed by atoms with Gasteiger partial charge in [0.05, 0.1) is 18.0 Å². The molecule has 3 aliphatic rings. The molecule has 3 N–H and O–H groups in total. The molecule has 0 bridgehead atoms. The van der Waals surface area contributed by atoms with Crippen LogP contribution in [-0.4, -0.2) is 88.2 Å². The predicted molar refractivity (Wildman–Crippen MR) is 135 cm³/mol. The lowest BCUT2D eigenvalue weighted by Gasteiger charge is -2.43. The van der Waals surface area contributed by atoms with Crippen molar-refractivity contribution in [2.75, 3.05) is 31.6 Å². The number of fused-ring (bicyclic) bond motifs is 1. The number of piperazine rings is 1. The van der Waals surface area contributed by atoms with E-state index in [4.69, 9.17) is 4.74 Å². The van der Waals surface area contributed by atoms with E-state index in [2.05, 4.69) is 5.32 Å². The number of nitrogens with one attached hydrogen (secondary N) is 2. The van der Waals surface area contributed by atoms with E-state index in [-0.39, 0.29) is 48.0 Å². The summed E-state index contributed by atoms with van der Waals surface area (Å²) in [4.78, 5) is 75.1. The highest BCUT2D eigenvalue weighted by Crippen LogP contribution is 2.44. The Kier molecular flexibility index (Phi) is 6.55. The van der Waals surface area contributed by atoms with Crippen LogP contribution in [-0.2, 0) is 9.59 Å². The number of pyridine rings is 1. The summed E-state index contributed by atoms with van der Waals surface area (Å²) in [6.07, 6.45) is 2.73. The van der Waals surface area contributed by atoms with E-state index in [0.29, 0.717) is 0 Å². The van der Waals surface area contributed by atoms with Crippen LogP contribution in [0.3, 0.4) is 0 Å². The molecule has 1 aromatic carbocycles. The highest BCUT2D eigenvalue weighted by Gasteiger charge is 2.50. The van der Waals surface area contributed by atoms with Gasteiger partial charge in [-0.05, 0) is 25.8 Å². The molecule has 2 saturated heterocycles. The van der Waals surface area contributed by atoms with Crippen LogP contribution < -0.4 is 25.7 Å². The van der Waals surface area contributed by atoms with Gasteiger partial charge in [-0.3, -0.25) is 29.8 Å². The molecule has 16 heteroatoms. The quantitative estimate of drug-likeness (QED) is 0.322. The lowest BCUT2D eigenvalue weighted by Crippen LogP contribution is -2.69. The number of methoxy groups -OCH3 is 1. The molecular formula is C24H25FN6O9. The fraction of sp³-hybridized carbons (Fsp3) is 0.458. The number of rotatable bonds is 6. The number of hydrogen-bond donors (Lipinski definition) is 3. The molecule has 3 heterocycles. The number of nitro groups is 1. The summed E-state index contributed by atoms with van der Waals surface area (Å²) < 4.78 is 22.9. The molecule has 0 radical (unpaired) electrons. The average Bonchev–Trinajstić information content (AvgIpc) is 3.72. The SMILES string of the molecule is COc1c(N2CCN(C(=O)C3NC(=O)NC(=O)C3[N+](=O)[O-])C(C)C2)c(F)cc2c(=O)c(C(=O)O)cn(C3CC3)c12. The number of carbonyl (C=O) groups excluding carboxylic acids is 3. The fourth-order valence-electron chi connectivity index (χ4n) is 5.40. The van der Waals surface area contributed by atoms with Gasteiger partial charge in [0.15, 0.2) is 17.6 Å². The maximum absolute atomic E-state index is 15.6. The highest BCUT2D eigenvalue weighted by atomic mass is 19.1. The minimum absolute atomic E-state index is 0.0133. The van der Waals surface area contributed by atoms with Crippen molar-refractivity contribution in [3.8, 4) is 5.75 Å². The van der Waals surface area contributed by atoms with E-state index in [9.17, 15) is 39.2 Å². The van der Waals surface area contributed by atoms with E-state index in [1.54, 1.807) is 21.7 Å². The molecule has 1 aliphatic carbocycles. The summed E-state index contributed by atoms with van der Waals surface area (Å²) in [5, 5.41) is 24.8. The minimum Gasteiger partial charge on any atom is -0.492 e. The Bertz CT molecular complexity index is 1540. The molecule has 3 atom stereocenters. The van der Waals surface area contributed by atoms with Gasteiger partial charge in [0.2, 0.25) is 5.43 Å². The normalized spacial score (nSPS) is 23.0. The number of halogens is 1. The molecule has 5 rings (SSSR count). The van der Waals surface area contributed by atoms with E-state index >= 15 is 4.39 Å². The number of carboxylic acids is 1. The van der Waals surface area contributed by atoms with Gasteiger partial charge in [-0.25, -0.2) is 14.0 Å². The van der Waals surface area contributed by atoms with Crippen LogP contribution in [0.15, 0.2) is 17.1 Å². The Hall–Kier alpha value is -4.76. The zero-order valence-electron chi connectivity index (χ0n) is 21.4. The van der Waals surface area contributed by atoms with Gasteiger partial charge in [0, 0.05) is 42.8 Å². The van der Waals surface area contributed by atoms with Crippen molar-refractivity contribution < 1.29 is 38.3 Å². The second-order valence-electron chi connectivity index (χ2n) is 9.95. The van der Waals surface area contributed by atoms with Gasteiger partial charge in [0.1, 0.15) is 11.3 Å². The number of hydrogen-bond acceptors (Lipinski definition) is 9. The average molecular weight is 560 g/mol. The number of amides is 4. The third kappa shape index (κ3) is 4.34. The molecule has 1 aromatic heterocycles. The summed E-state index contributed by atoms with van der Waals surface area (Å²) in [5.41, 5.74) is -1.05. The second-order valence-corrected chi connectivity index (χ2v) is 9.95. The number of aromatic nitrogens is 1. The van der Waals surface area contributed by atoms with E-state index < -0.39 is 63.7 Å². The van der Waals surface area contributed by atoms with Crippen molar-refractivity contribution in [1.82, 2.24) is 20.1 Å². The summed E-state index contributed by atoms with van der Waals surface area (Å²) in [6, 6.07) is -4.49. The van der Waals surface area contributed by atoms with Crippen LogP contribution in [0, 0.1) is 15.9 Å². The highest BCUT2D eigenvalue weighted by molar-refractivity contribution is 6.05. The van der Waals surface area contributed by atoms with Gasteiger partial charge in [-0.2, -0.15) is 0 Å². The maximum Gasteiger partial charge on any atom is 0.341 e. The largest absolute Gasteiger partial charge is 0.492 e. The monoisotopic (exact) mass is 560 g/mol. The Labute approximate surface area is 224 Å². The zero-order chi connectivity index (χ0) is 29.0. The number of benzene rings is 1. The number of carbonyl (C=O) groups is 4. The third-order valence-corrected chi connectivity index (χ3v) is 7.40. The maximum atomic E-state index is 15.6. The molecule has 4 amide bonds. The first kappa shape index (κ1) is 26.8. The first-order valence-corrected chi connectivity index (χ1v) is 12.4. The Morgan fingerprint density at radius 3 is 2.50 bits per heavy atom. The van der Waals surface area contributed by atoms with Crippen LogP contribution in [0.5, 0.6) is 5.75 Å². The lowest BCUT2D eigenvalue weighted by molar-refractivity contribution is -0.510. The topological polar surface area (TPSA) is 193 Å². The second kappa shape index (κ2) is 9.77. The smallest absolute Gasteiger partial charge is 0.341 e. The summed E-state index contributed by atoms with van der Waals surface area (Å²) in [5.74, 6) is -4.25. The Morgan fingerprint density at radius 2 is 1.93 bits per heavy atom. The van der Waals surface area contributed by atoms with Crippen LogP contribution in [0.1, 0.15) is 36.2 Å². The van der Waals surface area contributed by atoms with Crippen molar-refractivity contribution in [3.05, 3.63) is 44.0 Å². The molecule has 40 heavy (non-hydrogen) atoms. The summed E-state index contributed by atoms with van der Waals surface area (Å²) in [7, 11) is 1.31. The Morgan fingerprint density at radius 1 is 1.23 bits per heavy atom. The van der Waals surface area contributed by atoms with Gasteiger partial charge >= 0.3 is 23.9 Å². The van der Waals surface area contributed by atoms with E-state index in [1.165, 1.54) is 18.2 Å². The fourth-order valence-corrected chi connectivity index (χ4v) is 5.40. The molecular weight excluding hydrogens is 535 g/mol. The molecule has 3 unspecified atom stereocenters. The standard InChI is InChI=1S/C24H25FN6O9/c1-10-8-28(5-6-29(10)22(34)15-18(31(38)39)21(33)27-24(37)26-15)17-14(25)7-12-16(20(17)40-2)30(11-3-4-11)9-13(19(12)32)23(35)36/h7,9-11,15,18H,3-6,8H2,1-2H3,(H,35,36)(H2,26,27,33,37). The number of ether oxygens (including phenoxy) is 1. The van der Waals surface area contributed by atoms with Crippen LogP contribution >= 0.6 is 0 Å². The molecule has 3 fully saturated rings. The number of imide groups is 1. The molecule has 2 aromatic rings. The van der Waals surface area contributed by atoms with Crippen molar-refractivity contribution in [2.45, 2.75) is 43.9 Å². The molecule has 15 nitrogen and oxygen atoms in total. The number of nitrogens with zero attached hydrogens (tertiary/aromatic N) is 4. The van der Waals surface area contributed by atoms with Gasteiger partial charge in [0.25, 0.3) is 5.91 Å². The van der Waals surface area contributed by atoms with Crippen molar-refractivity contribution in [2.24, 2.45) is 0 Å². The first-order chi connectivity index (χ1) is 18.9. The number of urea groups is 1. The van der Waals surface area contributed by atoms with E-state index in [1.807, 2.05) is 0 Å². The minimum atomic E-state index is -2.01. The molecule has 212 valence electrons. The molecule has 0 spiro atoms. The van der Waals surface area contributed by atoms with Crippen LogP contribution in [0.4, 0.5) is 14.9 Å². The molecule has 1 saturated carbocycles. The van der Waals surface area contributed by atoms with Crippen LogP contribution in [0.25, 0.3) is 10.9 Å². The molecule has 2 aliphatic heterocycles. The van der Waals surface area contributed by atoms with E-state index in [0.717, 1.165) is 18.9 Å². The summed E-state index contributed by atoms with van der Waals surface area (Å²) in [6.45, 7) is 1.68. The predicted octanol–water partition coefficient (Wildman–Crippen LogP) is 0.0727.